The van der Waals surface area contributed by atoms with E-state index in [9.17, 15) is 4.79 Å². The first-order valence-electron chi connectivity index (χ1n) is 8.72. The Hall–Kier alpha value is -2.89. The van der Waals surface area contributed by atoms with Crippen LogP contribution in [-0.2, 0) is 11.2 Å². The fourth-order valence-electron chi connectivity index (χ4n) is 2.72. The molecular weight excluding hydrogens is 332 g/mol. The minimum Gasteiger partial charge on any atom is -0.497 e. The summed E-state index contributed by atoms with van der Waals surface area (Å²) in [5.74, 6) is 2.22. The topological polar surface area (TPSA) is 68.8 Å². The van der Waals surface area contributed by atoms with E-state index in [0.717, 1.165) is 29.2 Å². The van der Waals surface area contributed by atoms with Crippen molar-refractivity contribution in [1.29, 1.82) is 0 Å². The van der Waals surface area contributed by atoms with E-state index in [2.05, 4.69) is 10.6 Å². The Bertz CT molecular complexity index is 746. The second-order valence-electron chi connectivity index (χ2n) is 6.11. The van der Waals surface area contributed by atoms with Gasteiger partial charge < -0.3 is 24.8 Å². The average Bonchev–Trinajstić information content (AvgIpc) is 2.68. The average molecular weight is 356 g/mol. The van der Waals surface area contributed by atoms with E-state index >= 15 is 0 Å². The summed E-state index contributed by atoms with van der Waals surface area (Å²) >= 11 is 0. The van der Waals surface area contributed by atoms with Gasteiger partial charge in [0.05, 0.1) is 7.11 Å². The van der Waals surface area contributed by atoms with E-state index in [1.807, 2.05) is 49.4 Å². The summed E-state index contributed by atoms with van der Waals surface area (Å²) in [6.07, 6.45) is 0.770. The number of carbonyl (C=O) groups excluding carboxylic acids is 1. The number of methoxy groups -OCH3 is 1. The van der Waals surface area contributed by atoms with E-state index in [1.165, 1.54) is 0 Å². The number of hydrogen-bond donors (Lipinski definition) is 2. The third-order valence-corrected chi connectivity index (χ3v) is 4.19. The van der Waals surface area contributed by atoms with Crippen LogP contribution in [-0.4, -0.2) is 38.8 Å². The quantitative estimate of drug-likeness (QED) is 0.798. The molecule has 0 aromatic heterocycles. The Morgan fingerprint density at radius 1 is 1.12 bits per heavy atom. The maximum atomic E-state index is 12.3. The minimum absolute atomic E-state index is 0.0478. The van der Waals surface area contributed by atoms with E-state index in [1.54, 1.807) is 7.11 Å². The van der Waals surface area contributed by atoms with Crippen LogP contribution in [0.25, 0.3) is 0 Å². The predicted octanol–water partition coefficient (Wildman–Crippen LogP) is 2.63. The second kappa shape index (κ2) is 8.47. The van der Waals surface area contributed by atoms with Gasteiger partial charge in [-0.05, 0) is 43.2 Å². The highest BCUT2D eigenvalue weighted by molar-refractivity contribution is 5.84. The minimum atomic E-state index is -0.353. The van der Waals surface area contributed by atoms with Crippen LogP contribution in [0, 0.1) is 0 Å². The largest absolute Gasteiger partial charge is 0.497 e. The lowest BCUT2D eigenvalue weighted by Crippen LogP contribution is -2.38. The molecule has 1 heterocycles. The normalized spacial score (nSPS) is 13.6. The van der Waals surface area contributed by atoms with Crippen LogP contribution in [0.3, 0.4) is 0 Å². The van der Waals surface area contributed by atoms with Crippen molar-refractivity contribution in [3.8, 4) is 17.2 Å². The predicted molar refractivity (Wildman–Crippen MR) is 100 cm³/mol. The summed E-state index contributed by atoms with van der Waals surface area (Å²) in [5, 5.41) is 6.14. The number of carbonyl (C=O) groups is 1. The molecule has 138 valence electrons. The molecule has 0 fully saturated rings. The molecule has 1 aliphatic rings. The lowest BCUT2D eigenvalue weighted by Gasteiger charge is -2.20. The number of ether oxygens (including phenoxy) is 3. The molecule has 3 rings (SSSR count). The summed E-state index contributed by atoms with van der Waals surface area (Å²) in [6.45, 7) is 3.52. The molecule has 1 aliphatic heterocycles. The molecule has 1 amide bonds. The van der Waals surface area contributed by atoms with Crippen LogP contribution < -0.4 is 24.8 Å². The van der Waals surface area contributed by atoms with E-state index in [0.29, 0.717) is 25.5 Å². The van der Waals surface area contributed by atoms with E-state index < -0.39 is 0 Å². The van der Waals surface area contributed by atoms with E-state index in [4.69, 9.17) is 14.2 Å². The van der Waals surface area contributed by atoms with Gasteiger partial charge in [-0.1, -0.05) is 12.1 Å². The van der Waals surface area contributed by atoms with Gasteiger partial charge in [0.2, 0.25) is 5.91 Å². The van der Waals surface area contributed by atoms with Crippen LogP contribution >= 0.6 is 0 Å². The Balaban J connectivity index is 1.46. The van der Waals surface area contributed by atoms with Crippen molar-refractivity contribution < 1.29 is 19.0 Å². The monoisotopic (exact) mass is 356 g/mol. The molecule has 6 heteroatoms. The number of anilines is 1. The maximum absolute atomic E-state index is 12.3. The van der Waals surface area contributed by atoms with Gasteiger partial charge in [-0.2, -0.15) is 0 Å². The molecule has 2 aromatic carbocycles. The van der Waals surface area contributed by atoms with E-state index in [-0.39, 0.29) is 11.9 Å². The molecule has 1 unspecified atom stereocenters. The number of amides is 1. The third kappa shape index (κ3) is 4.59. The van der Waals surface area contributed by atoms with Crippen LogP contribution in [0.2, 0.25) is 0 Å². The maximum Gasteiger partial charge on any atom is 0.242 e. The van der Waals surface area contributed by atoms with Gasteiger partial charge in [0.25, 0.3) is 0 Å². The van der Waals surface area contributed by atoms with Gasteiger partial charge >= 0.3 is 0 Å². The van der Waals surface area contributed by atoms with Gasteiger partial charge in [-0.15, -0.1) is 0 Å². The molecule has 2 N–H and O–H groups in total. The zero-order chi connectivity index (χ0) is 18.4. The van der Waals surface area contributed by atoms with Crippen molar-refractivity contribution in [3.05, 3.63) is 48.0 Å². The van der Waals surface area contributed by atoms with Crippen molar-refractivity contribution >= 4 is 11.6 Å². The molecular formula is C20H24N2O4. The summed E-state index contributed by atoms with van der Waals surface area (Å²) in [4.78, 5) is 12.3. The lowest BCUT2D eigenvalue weighted by molar-refractivity contribution is -0.121. The van der Waals surface area contributed by atoms with Gasteiger partial charge in [0.1, 0.15) is 25.0 Å². The fourth-order valence-corrected chi connectivity index (χ4v) is 2.72. The highest BCUT2D eigenvalue weighted by Gasteiger charge is 2.15. The summed E-state index contributed by atoms with van der Waals surface area (Å²) < 4.78 is 16.2. The first-order valence-corrected chi connectivity index (χ1v) is 8.72. The first-order chi connectivity index (χ1) is 12.7. The highest BCUT2D eigenvalue weighted by atomic mass is 16.6. The standard InChI is InChI=1S/C20H24N2O4/c1-14(22-16-5-8-18-19(13-16)26-12-11-25-18)20(23)21-10-9-15-3-6-17(24-2)7-4-15/h3-8,13-14,22H,9-12H2,1-2H3,(H,21,23). The summed E-state index contributed by atoms with van der Waals surface area (Å²) in [7, 11) is 1.64. The van der Waals surface area contributed by atoms with Gasteiger partial charge in [0.15, 0.2) is 11.5 Å². The smallest absolute Gasteiger partial charge is 0.242 e. The van der Waals surface area contributed by atoms with Crippen molar-refractivity contribution in [2.75, 3.05) is 32.2 Å². The van der Waals surface area contributed by atoms with Gasteiger partial charge in [-0.3, -0.25) is 4.79 Å². The SMILES string of the molecule is COc1ccc(CCNC(=O)C(C)Nc2ccc3c(c2)OCCO3)cc1. The fraction of sp³-hybridized carbons (Fsp3) is 0.350. The van der Waals surface area contributed by atoms with Crippen LogP contribution in [0.1, 0.15) is 12.5 Å². The Morgan fingerprint density at radius 3 is 2.58 bits per heavy atom. The Labute approximate surface area is 153 Å². The van der Waals surface area contributed by atoms with Gasteiger partial charge in [0, 0.05) is 18.3 Å². The van der Waals surface area contributed by atoms with Crippen molar-refractivity contribution in [2.24, 2.45) is 0 Å². The molecule has 0 radical (unpaired) electrons. The zero-order valence-electron chi connectivity index (χ0n) is 15.1. The Morgan fingerprint density at radius 2 is 1.85 bits per heavy atom. The van der Waals surface area contributed by atoms with Gasteiger partial charge in [-0.25, -0.2) is 0 Å². The molecule has 6 nitrogen and oxygen atoms in total. The number of nitrogens with one attached hydrogen (secondary N) is 2. The molecule has 1 atom stereocenters. The first kappa shape index (κ1) is 17.9. The molecule has 0 spiro atoms. The molecule has 0 saturated carbocycles. The lowest BCUT2D eigenvalue weighted by atomic mass is 10.1. The number of fused-ring (bicyclic) bond motifs is 1. The van der Waals surface area contributed by atoms with Crippen molar-refractivity contribution in [2.45, 2.75) is 19.4 Å². The molecule has 0 bridgehead atoms. The van der Waals surface area contributed by atoms with Crippen LogP contribution in [0.15, 0.2) is 42.5 Å². The molecule has 0 saturated heterocycles. The van der Waals surface area contributed by atoms with Crippen molar-refractivity contribution in [3.63, 3.8) is 0 Å². The second-order valence-corrected chi connectivity index (χ2v) is 6.11. The number of benzene rings is 2. The molecule has 26 heavy (non-hydrogen) atoms. The zero-order valence-corrected chi connectivity index (χ0v) is 15.1. The third-order valence-electron chi connectivity index (χ3n) is 4.19. The Kier molecular flexibility index (Phi) is 5.84. The summed E-state index contributed by atoms with van der Waals surface area (Å²) in [6, 6.07) is 13.1. The summed E-state index contributed by atoms with van der Waals surface area (Å²) in [5.41, 5.74) is 1.98. The van der Waals surface area contributed by atoms with Crippen LogP contribution in [0.5, 0.6) is 17.2 Å². The molecule has 0 aliphatic carbocycles. The van der Waals surface area contributed by atoms with Crippen molar-refractivity contribution in [1.82, 2.24) is 5.32 Å². The number of hydrogen-bond acceptors (Lipinski definition) is 5. The highest BCUT2D eigenvalue weighted by Crippen LogP contribution is 2.32. The molecule has 2 aromatic rings. The number of rotatable bonds is 7. The van der Waals surface area contributed by atoms with Crippen LogP contribution in [0.4, 0.5) is 5.69 Å².